The zero-order valence-electron chi connectivity index (χ0n) is 12.0. The van der Waals surface area contributed by atoms with E-state index in [1.807, 2.05) is 6.92 Å². The van der Waals surface area contributed by atoms with Gasteiger partial charge in [-0.1, -0.05) is 17.7 Å². The summed E-state index contributed by atoms with van der Waals surface area (Å²) in [6.07, 6.45) is 2.37. The minimum absolute atomic E-state index is 0.290. The van der Waals surface area contributed by atoms with E-state index in [2.05, 4.69) is 5.32 Å². The largest absolute Gasteiger partial charge is 0.330 e. The third-order valence-electron chi connectivity index (χ3n) is 3.16. The van der Waals surface area contributed by atoms with Gasteiger partial charge in [0.25, 0.3) is 0 Å². The van der Waals surface area contributed by atoms with E-state index in [1.54, 1.807) is 24.3 Å². The molecule has 0 aliphatic heterocycles. The Morgan fingerprint density at radius 2 is 1.80 bits per heavy atom. The van der Waals surface area contributed by atoms with E-state index in [4.69, 9.17) is 11.5 Å². The Bertz CT molecular complexity index is 486. The first-order chi connectivity index (χ1) is 9.48. The van der Waals surface area contributed by atoms with E-state index in [9.17, 15) is 8.42 Å². The fourth-order valence-corrected chi connectivity index (χ4v) is 3.11. The van der Waals surface area contributed by atoms with E-state index in [-0.39, 0.29) is 0 Å². The van der Waals surface area contributed by atoms with Crippen molar-refractivity contribution >= 4 is 9.84 Å². The van der Waals surface area contributed by atoms with E-state index in [1.165, 1.54) is 0 Å². The van der Waals surface area contributed by atoms with E-state index in [0.29, 0.717) is 24.4 Å². The van der Waals surface area contributed by atoms with Gasteiger partial charge in [0, 0.05) is 0 Å². The molecule has 0 heterocycles. The molecule has 1 aromatic carbocycles. The van der Waals surface area contributed by atoms with Crippen molar-refractivity contribution in [2.75, 3.05) is 19.6 Å². The summed E-state index contributed by atoms with van der Waals surface area (Å²) in [4.78, 5) is 0.290. The van der Waals surface area contributed by atoms with Gasteiger partial charge in [0.15, 0.2) is 9.84 Å². The summed E-state index contributed by atoms with van der Waals surface area (Å²) in [6, 6.07) is 6.79. The predicted octanol–water partition coefficient (Wildman–Crippen LogP) is 0.772. The van der Waals surface area contributed by atoms with Gasteiger partial charge in [0.05, 0.1) is 4.90 Å². The molecular weight excluding hydrogens is 274 g/mol. The highest BCUT2D eigenvalue weighted by molar-refractivity contribution is 7.92. The molecule has 0 radical (unpaired) electrons. The highest BCUT2D eigenvalue weighted by atomic mass is 32.2. The lowest BCUT2D eigenvalue weighted by Gasteiger charge is -2.13. The van der Waals surface area contributed by atoms with Crippen LogP contribution in [0.1, 0.15) is 24.8 Å². The monoisotopic (exact) mass is 299 g/mol. The Morgan fingerprint density at radius 1 is 1.15 bits per heavy atom. The SMILES string of the molecule is Cc1ccc(S(=O)(=O)C(N)CCNCCCCN)cc1. The van der Waals surface area contributed by atoms with Crippen LogP contribution in [0, 0.1) is 6.92 Å². The molecule has 0 aliphatic rings. The predicted molar refractivity (Wildman–Crippen MR) is 82.1 cm³/mol. The number of hydrogen-bond acceptors (Lipinski definition) is 5. The quantitative estimate of drug-likeness (QED) is 0.585. The molecule has 1 unspecified atom stereocenters. The number of nitrogens with one attached hydrogen (secondary N) is 1. The van der Waals surface area contributed by atoms with Crippen LogP contribution in [0.15, 0.2) is 29.2 Å². The molecule has 0 amide bonds. The second-order valence-corrected chi connectivity index (χ2v) is 7.10. The van der Waals surface area contributed by atoms with Gasteiger partial charge in [-0.15, -0.1) is 0 Å². The first-order valence-electron chi connectivity index (χ1n) is 6.95. The van der Waals surface area contributed by atoms with Gasteiger partial charge in [-0.05, 0) is 58.0 Å². The number of unbranched alkanes of at least 4 members (excludes halogenated alkanes) is 1. The number of nitrogens with two attached hydrogens (primary N) is 2. The first kappa shape index (κ1) is 17.1. The molecule has 0 saturated carbocycles. The Balaban J connectivity index is 2.45. The van der Waals surface area contributed by atoms with Gasteiger partial charge in [-0.2, -0.15) is 0 Å². The second-order valence-electron chi connectivity index (χ2n) is 4.93. The number of benzene rings is 1. The molecule has 0 bridgehead atoms. The molecule has 5 nitrogen and oxygen atoms in total. The summed E-state index contributed by atoms with van der Waals surface area (Å²) in [6.45, 7) is 4.04. The van der Waals surface area contributed by atoms with Crippen LogP contribution >= 0.6 is 0 Å². The second kappa shape index (κ2) is 8.36. The van der Waals surface area contributed by atoms with Crippen LogP contribution in [0.5, 0.6) is 0 Å². The molecule has 20 heavy (non-hydrogen) atoms. The van der Waals surface area contributed by atoms with Crippen LogP contribution in [0.2, 0.25) is 0 Å². The summed E-state index contributed by atoms with van der Waals surface area (Å²) < 4.78 is 24.5. The summed E-state index contributed by atoms with van der Waals surface area (Å²) in [5.74, 6) is 0. The van der Waals surface area contributed by atoms with Crippen LogP contribution in [0.25, 0.3) is 0 Å². The maximum atomic E-state index is 12.2. The molecule has 0 spiro atoms. The smallest absolute Gasteiger partial charge is 0.194 e. The third kappa shape index (κ3) is 5.20. The maximum Gasteiger partial charge on any atom is 0.194 e. The van der Waals surface area contributed by atoms with Crippen LogP contribution < -0.4 is 16.8 Å². The van der Waals surface area contributed by atoms with E-state index in [0.717, 1.165) is 24.9 Å². The van der Waals surface area contributed by atoms with Gasteiger partial charge in [-0.3, -0.25) is 0 Å². The summed E-state index contributed by atoms with van der Waals surface area (Å²) in [5.41, 5.74) is 12.2. The molecule has 0 aromatic heterocycles. The molecule has 0 aliphatic carbocycles. The van der Waals surface area contributed by atoms with Crippen LogP contribution in [0.4, 0.5) is 0 Å². The molecule has 6 heteroatoms. The lowest BCUT2D eigenvalue weighted by atomic mass is 10.2. The highest BCUT2D eigenvalue weighted by Gasteiger charge is 2.23. The zero-order chi connectivity index (χ0) is 15.0. The summed E-state index contributed by atoms with van der Waals surface area (Å²) in [5, 5.41) is 2.32. The topological polar surface area (TPSA) is 98.2 Å². The van der Waals surface area contributed by atoms with E-state index >= 15 is 0 Å². The van der Waals surface area contributed by atoms with Crippen molar-refractivity contribution in [3.63, 3.8) is 0 Å². The Hall–Kier alpha value is -0.950. The number of rotatable bonds is 9. The van der Waals surface area contributed by atoms with Crippen LogP contribution in [-0.2, 0) is 9.84 Å². The van der Waals surface area contributed by atoms with Gasteiger partial charge in [0.2, 0.25) is 0 Å². The summed E-state index contributed by atoms with van der Waals surface area (Å²) >= 11 is 0. The van der Waals surface area contributed by atoms with Gasteiger partial charge < -0.3 is 16.8 Å². The Kier molecular flexibility index (Phi) is 7.15. The maximum absolute atomic E-state index is 12.2. The molecule has 114 valence electrons. The lowest BCUT2D eigenvalue weighted by Crippen LogP contribution is -2.34. The van der Waals surface area contributed by atoms with Gasteiger partial charge >= 0.3 is 0 Å². The molecule has 1 aromatic rings. The molecule has 0 saturated heterocycles. The third-order valence-corrected chi connectivity index (χ3v) is 5.12. The van der Waals surface area contributed by atoms with Gasteiger partial charge in [0.1, 0.15) is 5.37 Å². The normalized spacial score (nSPS) is 13.3. The van der Waals surface area contributed by atoms with Crippen molar-refractivity contribution in [2.45, 2.75) is 36.5 Å². The minimum atomic E-state index is -3.44. The van der Waals surface area contributed by atoms with Crippen molar-refractivity contribution in [3.05, 3.63) is 29.8 Å². The molecule has 0 fully saturated rings. The number of sulfone groups is 1. The van der Waals surface area contributed by atoms with Crippen LogP contribution in [0.3, 0.4) is 0 Å². The first-order valence-corrected chi connectivity index (χ1v) is 8.50. The average Bonchev–Trinajstić information content (AvgIpc) is 2.43. The summed E-state index contributed by atoms with van der Waals surface area (Å²) in [7, 11) is -3.44. The van der Waals surface area contributed by atoms with Crippen molar-refractivity contribution < 1.29 is 8.42 Å². The Morgan fingerprint density at radius 3 is 2.40 bits per heavy atom. The Labute approximate surface area is 121 Å². The average molecular weight is 299 g/mol. The molecular formula is C14H25N3O2S. The fourth-order valence-electron chi connectivity index (χ4n) is 1.82. The van der Waals surface area contributed by atoms with Gasteiger partial charge in [-0.25, -0.2) is 8.42 Å². The van der Waals surface area contributed by atoms with Crippen molar-refractivity contribution in [2.24, 2.45) is 11.5 Å². The molecule has 1 atom stereocenters. The van der Waals surface area contributed by atoms with Crippen molar-refractivity contribution in [3.8, 4) is 0 Å². The molecule has 5 N–H and O–H groups in total. The van der Waals surface area contributed by atoms with Crippen molar-refractivity contribution in [1.82, 2.24) is 5.32 Å². The fraction of sp³-hybridized carbons (Fsp3) is 0.571. The highest BCUT2D eigenvalue weighted by Crippen LogP contribution is 2.15. The number of hydrogen-bond donors (Lipinski definition) is 3. The number of aryl methyl sites for hydroxylation is 1. The molecule has 1 rings (SSSR count). The van der Waals surface area contributed by atoms with E-state index < -0.39 is 15.2 Å². The van der Waals surface area contributed by atoms with Crippen LogP contribution in [-0.4, -0.2) is 33.4 Å². The zero-order valence-corrected chi connectivity index (χ0v) is 12.8. The van der Waals surface area contributed by atoms with Crippen molar-refractivity contribution in [1.29, 1.82) is 0 Å². The lowest BCUT2D eigenvalue weighted by molar-refractivity contribution is 0.556. The standard InChI is InChI=1S/C14H25N3O2S/c1-12-4-6-13(7-5-12)20(18,19)14(16)8-11-17-10-3-2-9-15/h4-7,14,17H,2-3,8-11,15-16H2,1H3. The minimum Gasteiger partial charge on any atom is -0.330 e.